The monoisotopic (exact) mass is 336 g/mol. The van der Waals surface area contributed by atoms with E-state index in [9.17, 15) is 22.0 Å². The van der Waals surface area contributed by atoms with E-state index < -0.39 is 28.5 Å². The summed E-state index contributed by atoms with van der Waals surface area (Å²) < 4.78 is 73.1. The third-order valence-corrected chi connectivity index (χ3v) is 5.43. The van der Waals surface area contributed by atoms with Crippen molar-refractivity contribution in [1.82, 2.24) is 0 Å². The molecule has 0 aromatic heterocycles. The molecule has 0 aromatic rings. The summed E-state index contributed by atoms with van der Waals surface area (Å²) in [6.45, 7) is 8.95. The van der Waals surface area contributed by atoms with E-state index in [0.717, 1.165) is 6.92 Å². The highest BCUT2D eigenvalue weighted by molar-refractivity contribution is 5.49. The minimum Gasteiger partial charge on any atom is -0.480 e. The van der Waals surface area contributed by atoms with Crippen molar-refractivity contribution in [2.24, 2.45) is 10.8 Å². The second-order valence-corrected chi connectivity index (χ2v) is 7.44. The predicted octanol–water partition coefficient (Wildman–Crippen LogP) is 5.80. The molecule has 1 nitrogen and oxygen atoms in total. The van der Waals surface area contributed by atoms with Crippen molar-refractivity contribution in [3.8, 4) is 0 Å². The van der Waals surface area contributed by atoms with Crippen molar-refractivity contribution >= 4 is 0 Å². The molecule has 0 saturated heterocycles. The maximum absolute atomic E-state index is 14.3. The molecule has 130 valence electrons. The Hall–Kier alpha value is -1.33. The number of ether oxygens (including phenoxy) is 1. The van der Waals surface area contributed by atoms with E-state index in [4.69, 9.17) is 4.74 Å². The number of rotatable bonds is 1. The maximum Gasteiger partial charge on any atom is 0.457 e. The summed E-state index contributed by atoms with van der Waals surface area (Å²) in [5.74, 6) is -4.91. The molecule has 0 spiro atoms. The van der Waals surface area contributed by atoms with Gasteiger partial charge in [0.15, 0.2) is 5.60 Å². The van der Waals surface area contributed by atoms with Crippen LogP contribution in [-0.2, 0) is 4.74 Å². The molecule has 1 atom stereocenters. The van der Waals surface area contributed by atoms with Crippen LogP contribution in [0.1, 0.15) is 41.5 Å². The lowest BCUT2D eigenvalue weighted by molar-refractivity contribution is -0.358. The minimum absolute atomic E-state index is 0.0840. The fourth-order valence-electron chi connectivity index (χ4n) is 3.36. The first-order chi connectivity index (χ1) is 10.1. The topological polar surface area (TPSA) is 9.23 Å². The van der Waals surface area contributed by atoms with Crippen LogP contribution in [0.15, 0.2) is 35.1 Å². The summed E-state index contributed by atoms with van der Waals surface area (Å²) in [6, 6.07) is 0. The lowest BCUT2D eigenvalue weighted by atomic mass is 9.61. The molecule has 0 fully saturated rings. The molecule has 0 N–H and O–H groups in total. The van der Waals surface area contributed by atoms with Gasteiger partial charge in [-0.15, -0.1) is 0 Å². The van der Waals surface area contributed by atoms with Crippen LogP contribution in [-0.4, -0.2) is 17.7 Å². The summed E-state index contributed by atoms with van der Waals surface area (Å²) in [5, 5.41) is 0. The van der Waals surface area contributed by atoms with Gasteiger partial charge in [-0.05, 0) is 19.9 Å². The van der Waals surface area contributed by atoms with Crippen LogP contribution in [0.5, 0.6) is 0 Å². The minimum atomic E-state index is -5.70. The zero-order valence-electron chi connectivity index (χ0n) is 14.0. The van der Waals surface area contributed by atoms with Gasteiger partial charge in [-0.2, -0.15) is 22.0 Å². The summed E-state index contributed by atoms with van der Waals surface area (Å²) in [5.41, 5.74) is -3.60. The van der Waals surface area contributed by atoms with Crippen molar-refractivity contribution in [3.05, 3.63) is 35.1 Å². The van der Waals surface area contributed by atoms with Crippen LogP contribution < -0.4 is 0 Å². The summed E-state index contributed by atoms with van der Waals surface area (Å²) in [6.07, 6.45) is -0.753. The molecule has 1 aliphatic carbocycles. The highest BCUT2D eigenvalue weighted by Crippen LogP contribution is 2.61. The fourth-order valence-corrected chi connectivity index (χ4v) is 3.36. The van der Waals surface area contributed by atoms with Gasteiger partial charge in [0.05, 0.1) is 0 Å². The van der Waals surface area contributed by atoms with E-state index in [0.29, 0.717) is 11.1 Å². The molecular weight excluding hydrogens is 315 g/mol. The number of hydrogen-bond acceptors (Lipinski definition) is 1. The Morgan fingerprint density at radius 1 is 0.957 bits per heavy atom. The summed E-state index contributed by atoms with van der Waals surface area (Å²) in [7, 11) is 0. The standard InChI is InChI=1S/C17H21F5O/c1-10-12-11(8-7-9-13(12,2)3)23-15(6,14(10,4)5)16(18,19)17(20,21)22/h7-9H,1-6H3. The Labute approximate surface area is 132 Å². The number of halogens is 5. The molecule has 0 amide bonds. The van der Waals surface area contributed by atoms with Crippen LogP contribution in [0.4, 0.5) is 22.0 Å². The van der Waals surface area contributed by atoms with E-state index in [1.54, 1.807) is 13.0 Å². The first-order valence-corrected chi connectivity index (χ1v) is 7.35. The molecule has 1 unspecified atom stereocenters. The van der Waals surface area contributed by atoms with Gasteiger partial charge in [0.25, 0.3) is 0 Å². The second kappa shape index (κ2) is 4.61. The number of allylic oxidation sites excluding steroid dienone is 4. The van der Waals surface area contributed by atoms with E-state index >= 15 is 0 Å². The Kier molecular flexibility index (Phi) is 3.61. The van der Waals surface area contributed by atoms with Gasteiger partial charge >= 0.3 is 12.1 Å². The van der Waals surface area contributed by atoms with Crippen molar-refractivity contribution < 1.29 is 26.7 Å². The maximum atomic E-state index is 14.3. The van der Waals surface area contributed by atoms with Crippen LogP contribution in [0.25, 0.3) is 0 Å². The third-order valence-electron chi connectivity index (χ3n) is 5.43. The predicted molar refractivity (Wildman–Crippen MR) is 78.0 cm³/mol. The molecule has 0 radical (unpaired) electrons. The van der Waals surface area contributed by atoms with E-state index in [1.165, 1.54) is 19.9 Å². The third kappa shape index (κ3) is 2.17. The molecule has 23 heavy (non-hydrogen) atoms. The van der Waals surface area contributed by atoms with E-state index in [-0.39, 0.29) is 5.76 Å². The molecule has 0 saturated carbocycles. The van der Waals surface area contributed by atoms with Crippen LogP contribution in [0, 0.1) is 10.8 Å². The Morgan fingerprint density at radius 2 is 1.48 bits per heavy atom. The second-order valence-electron chi connectivity index (χ2n) is 7.44. The quantitative estimate of drug-likeness (QED) is 0.550. The van der Waals surface area contributed by atoms with Crippen molar-refractivity contribution in [2.75, 3.05) is 0 Å². The van der Waals surface area contributed by atoms with Crippen LogP contribution in [0.2, 0.25) is 0 Å². The number of hydrogen-bond donors (Lipinski definition) is 0. The molecule has 1 aliphatic heterocycles. The zero-order valence-corrected chi connectivity index (χ0v) is 14.0. The average Bonchev–Trinajstić information content (AvgIpc) is 2.33. The largest absolute Gasteiger partial charge is 0.480 e. The van der Waals surface area contributed by atoms with Gasteiger partial charge in [0, 0.05) is 16.4 Å². The van der Waals surface area contributed by atoms with Gasteiger partial charge in [0.2, 0.25) is 0 Å². The molecule has 1 heterocycles. The molecule has 0 bridgehead atoms. The molecule has 6 heteroatoms. The highest BCUT2D eigenvalue weighted by Gasteiger charge is 2.75. The average molecular weight is 336 g/mol. The number of fused-ring (bicyclic) bond motifs is 1. The lowest BCUT2D eigenvalue weighted by Crippen LogP contribution is -2.65. The van der Waals surface area contributed by atoms with Crippen molar-refractivity contribution in [1.29, 1.82) is 0 Å². The van der Waals surface area contributed by atoms with Crippen molar-refractivity contribution in [3.63, 3.8) is 0 Å². The normalized spacial score (nSPS) is 29.8. The lowest BCUT2D eigenvalue weighted by Gasteiger charge is -2.54. The summed E-state index contributed by atoms with van der Waals surface area (Å²) in [4.78, 5) is 0. The van der Waals surface area contributed by atoms with Gasteiger partial charge in [-0.1, -0.05) is 45.4 Å². The molecule has 2 rings (SSSR count). The van der Waals surface area contributed by atoms with Gasteiger partial charge in [0.1, 0.15) is 5.76 Å². The molecule has 0 aromatic carbocycles. The van der Waals surface area contributed by atoms with Crippen LogP contribution in [0.3, 0.4) is 0 Å². The Balaban J connectivity index is 2.75. The van der Waals surface area contributed by atoms with Crippen molar-refractivity contribution in [2.45, 2.75) is 59.2 Å². The Morgan fingerprint density at radius 3 is 1.96 bits per heavy atom. The first-order valence-electron chi connectivity index (χ1n) is 7.35. The Bertz CT molecular complexity index is 619. The SMILES string of the molecule is CC1=C2C(=CC=CC2(C)C)OC(C)(C(F)(F)C(F)(F)F)C1(C)C. The van der Waals surface area contributed by atoms with E-state index in [1.807, 2.05) is 19.9 Å². The van der Waals surface area contributed by atoms with Gasteiger partial charge in [-0.3, -0.25) is 0 Å². The van der Waals surface area contributed by atoms with Crippen LogP contribution >= 0.6 is 0 Å². The zero-order chi connectivity index (χ0) is 18.1. The summed E-state index contributed by atoms with van der Waals surface area (Å²) >= 11 is 0. The first kappa shape index (κ1) is 18.0. The molecule has 2 aliphatic rings. The highest BCUT2D eigenvalue weighted by atomic mass is 19.4. The van der Waals surface area contributed by atoms with Gasteiger partial charge in [-0.25, -0.2) is 0 Å². The number of alkyl halides is 5. The van der Waals surface area contributed by atoms with E-state index in [2.05, 4.69) is 0 Å². The fraction of sp³-hybridized carbons (Fsp3) is 0.647. The smallest absolute Gasteiger partial charge is 0.457 e. The van der Waals surface area contributed by atoms with Gasteiger partial charge < -0.3 is 4.74 Å². The molecular formula is C17H21F5O.